The quantitative estimate of drug-likeness (QED) is 0.418. The molecule has 3 N–H and O–H groups in total. The lowest BCUT2D eigenvalue weighted by Gasteiger charge is -2.20. The van der Waals surface area contributed by atoms with Crippen molar-refractivity contribution >= 4 is 5.96 Å². The van der Waals surface area contributed by atoms with Crippen LogP contribution >= 0.6 is 0 Å². The smallest absolute Gasteiger partial charge is 0.191 e. The summed E-state index contributed by atoms with van der Waals surface area (Å²) in [6.45, 7) is 10.0. The number of aliphatic hydroxyl groups is 1. The van der Waals surface area contributed by atoms with Crippen LogP contribution in [0.4, 0.5) is 0 Å². The summed E-state index contributed by atoms with van der Waals surface area (Å²) in [5, 5.41) is 16.1. The van der Waals surface area contributed by atoms with Gasteiger partial charge in [-0.2, -0.15) is 0 Å². The van der Waals surface area contributed by atoms with E-state index >= 15 is 0 Å². The molecule has 0 aromatic heterocycles. The van der Waals surface area contributed by atoms with Gasteiger partial charge in [-0.1, -0.05) is 38.1 Å². The molecular formula is C21H38N4O. The van der Waals surface area contributed by atoms with Crippen LogP contribution in [0.1, 0.15) is 44.7 Å². The van der Waals surface area contributed by atoms with Gasteiger partial charge in [0.2, 0.25) is 0 Å². The maximum absolute atomic E-state index is 9.30. The Balaban J connectivity index is 2.74. The van der Waals surface area contributed by atoms with Crippen molar-refractivity contribution in [3.8, 4) is 0 Å². The first-order chi connectivity index (χ1) is 12.5. The van der Waals surface area contributed by atoms with Crippen LogP contribution in [0.25, 0.3) is 0 Å². The predicted octanol–water partition coefficient (Wildman–Crippen LogP) is 2.85. The maximum Gasteiger partial charge on any atom is 0.191 e. The third kappa shape index (κ3) is 9.20. The number of aliphatic hydroxyl groups excluding tert-OH is 1. The Morgan fingerprint density at radius 2 is 1.85 bits per heavy atom. The zero-order valence-corrected chi connectivity index (χ0v) is 17.3. The van der Waals surface area contributed by atoms with Crippen molar-refractivity contribution in [1.29, 1.82) is 0 Å². The van der Waals surface area contributed by atoms with Crippen molar-refractivity contribution in [3.05, 3.63) is 35.4 Å². The molecule has 0 aliphatic rings. The van der Waals surface area contributed by atoms with Crippen LogP contribution in [0.5, 0.6) is 0 Å². The van der Waals surface area contributed by atoms with E-state index in [1.807, 2.05) is 0 Å². The molecule has 0 amide bonds. The van der Waals surface area contributed by atoms with Crippen LogP contribution in [-0.4, -0.2) is 49.8 Å². The predicted molar refractivity (Wildman–Crippen MR) is 111 cm³/mol. The minimum Gasteiger partial charge on any atom is -0.396 e. The number of rotatable bonds is 11. The number of hydrogen-bond donors (Lipinski definition) is 3. The van der Waals surface area contributed by atoms with E-state index in [0.29, 0.717) is 18.4 Å². The Hall–Kier alpha value is -1.59. The minimum absolute atomic E-state index is 0.241. The Morgan fingerprint density at radius 1 is 1.15 bits per heavy atom. The fourth-order valence-corrected chi connectivity index (χ4v) is 3.11. The highest BCUT2D eigenvalue weighted by Crippen LogP contribution is 2.14. The molecule has 0 heterocycles. The maximum atomic E-state index is 9.30. The number of guanidine groups is 1. The monoisotopic (exact) mass is 362 g/mol. The molecule has 0 aliphatic carbocycles. The lowest BCUT2D eigenvalue weighted by Crippen LogP contribution is -2.40. The second-order valence-corrected chi connectivity index (χ2v) is 7.59. The third-order valence-corrected chi connectivity index (χ3v) is 4.26. The van der Waals surface area contributed by atoms with Gasteiger partial charge in [0.05, 0.1) is 6.54 Å². The van der Waals surface area contributed by atoms with E-state index in [2.05, 4.69) is 74.7 Å². The van der Waals surface area contributed by atoms with Crippen molar-refractivity contribution in [2.75, 3.05) is 33.8 Å². The van der Waals surface area contributed by atoms with Crippen LogP contribution in [0.15, 0.2) is 29.3 Å². The van der Waals surface area contributed by atoms with Gasteiger partial charge in [-0.05, 0) is 56.8 Å². The molecule has 0 bridgehead atoms. The zero-order valence-electron chi connectivity index (χ0n) is 17.3. The average molecular weight is 363 g/mol. The molecule has 1 atom stereocenters. The second kappa shape index (κ2) is 12.7. The summed E-state index contributed by atoms with van der Waals surface area (Å²) in [5.74, 6) is 1.94. The van der Waals surface area contributed by atoms with Gasteiger partial charge in [0.15, 0.2) is 5.96 Å². The van der Waals surface area contributed by atoms with E-state index in [-0.39, 0.29) is 6.61 Å². The van der Waals surface area contributed by atoms with E-state index in [1.54, 1.807) is 0 Å². The second-order valence-electron chi connectivity index (χ2n) is 7.59. The van der Waals surface area contributed by atoms with Crippen molar-refractivity contribution in [3.63, 3.8) is 0 Å². The number of aliphatic imine (C=N–C) groups is 1. The number of nitrogens with zero attached hydrogens (tertiary/aromatic N) is 2. The van der Waals surface area contributed by atoms with Gasteiger partial charge >= 0.3 is 0 Å². The summed E-state index contributed by atoms with van der Waals surface area (Å²) in [5.41, 5.74) is 2.57. The topological polar surface area (TPSA) is 59.9 Å². The van der Waals surface area contributed by atoms with Crippen molar-refractivity contribution in [2.45, 2.75) is 46.7 Å². The fourth-order valence-electron chi connectivity index (χ4n) is 3.11. The number of nitrogens with one attached hydrogen (secondary N) is 2. The molecule has 0 radical (unpaired) electrons. The first-order valence-electron chi connectivity index (χ1n) is 9.80. The lowest BCUT2D eigenvalue weighted by atomic mass is 9.94. The molecule has 5 heteroatoms. The lowest BCUT2D eigenvalue weighted by molar-refractivity contribution is 0.243. The van der Waals surface area contributed by atoms with Crippen LogP contribution in [0.3, 0.4) is 0 Å². The molecule has 1 aromatic carbocycles. The molecule has 0 fully saturated rings. The van der Waals surface area contributed by atoms with E-state index in [1.165, 1.54) is 11.1 Å². The van der Waals surface area contributed by atoms with Gasteiger partial charge < -0.3 is 20.6 Å². The van der Waals surface area contributed by atoms with Crippen LogP contribution in [0.2, 0.25) is 0 Å². The van der Waals surface area contributed by atoms with Crippen molar-refractivity contribution in [1.82, 2.24) is 15.5 Å². The van der Waals surface area contributed by atoms with Crippen molar-refractivity contribution < 1.29 is 5.11 Å². The molecule has 1 unspecified atom stereocenters. The summed E-state index contributed by atoms with van der Waals surface area (Å²) >= 11 is 0. The zero-order chi connectivity index (χ0) is 19.4. The van der Waals surface area contributed by atoms with Gasteiger partial charge in [-0.25, -0.2) is 4.99 Å². The molecule has 1 aromatic rings. The van der Waals surface area contributed by atoms with Gasteiger partial charge in [-0.15, -0.1) is 0 Å². The van der Waals surface area contributed by atoms with E-state index in [0.717, 1.165) is 38.4 Å². The SMILES string of the molecule is CCNC(=NCc1ccccc1CN(C)C)NCC(CCO)CC(C)C. The van der Waals surface area contributed by atoms with Gasteiger partial charge in [0, 0.05) is 26.2 Å². The molecule has 1 rings (SSSR count). The number of hydrogen-bond acceptors (Lipinski definition) is 3. The molecule has 0 spiro atoms. The molecule has 0 saturated heterocycles. The first kappa shape index (κ1) is 22.5. The first-order valence-corrected chi connectivity index (χ1v) is 9.80. The van der Waals surface area contributed by atoms with Gasteiger partial charge in [0.1, 0.15) is 0 Å². The Bertz CT molecular complexity index is 528. The van der Waals surface area contributed by atoms with Gasteiger partial charge in [-0.3, -0.25) is 0 Å². The summed E-state index contributed by atoms with van der Waals surface area (Å²) in [6.07, 6.45) is 1.94. The highest BCUT2D eigenvalue weighted by molar-refractivity contribution is 5.79. The standard InChI is InChI=1S/C21H38N4O/c1-6-22-21(23-14-18(11-12-26)13-17(2)3)24-15-19-9-7-8-10-20(19)16-25(4)5/h7-10,17-18,26H,6,11-16H2,1-5H3,(H2,22,23,24). The molecular weight excluding hydrogens is 324 g/mol. The van der Waals surface area contributed by atoms with Crippen LogP contribution in [0, 0.1) is 11.8 Å². The van der Waals surface area contributed by atoms with E-state index < -0.39 is 0 Å². The molecule has 0 aliphatic heterocycles. The van der Waals surface area contributed by atoms with Gasteiger partial charge in [0.25, 0.3) is 0 Å². The third-order valence-electron chi connectivity index (χ3n) is 4.26. The average Bonchev–Trinajstić information content (AvgIpc) is 2.57. The Kier molecular flexibility index (Phi) is 11.0. The molecule has 0 saturated carbocycles. The summed E-state index contributed by atoms with van der Waals surface area (Å²) in [7, 11) is 4.17. The Morgan fingerprint density at radius 3 is 2.42 bits per heavy atom. The van der Waals surface area contributed by atoms with Crippen molar-refractivity contribution in [2.24, 2.45) is 16.8 Å². The molecule has 5 nitrogen and oxygen atoms in total. The molecule has 26 heavy (non-hydrogen) atoms. The largest absolute Gasteiger partial charge is 0.396 e. The van der Waals surface area contributed by atoms with Crippen LogP contribution in [-0.2, 0) is 13.1 Å². The summed E-state index contributed by atoms with van der Waals surface area (Å²) in [4.78, 5) is 6.95. The highest BCUT2D eigenvalue weighted by atomic mass is 16.3. The van der Waals surface area contributed by atoms with E-state index in [9.17, 15) is 5.11 Å². The minimum atomic E-state index is 0.241. The Labute approximate surface area is 159 Å². The summed E-state index contributed by atoms with van der Waals surface area (Å²) < 4.78 is 0. The van der Waals surface area contributed by atoms with E-state index in [4.69, 9.17) is 4.99 Å². The normalized spacial score (nSPS) is 13.3. The molecule has 148 valence electrons. The fraction of sp³-hybridized carbons (Fsp3) is 0.667. The highest BCUT2D eigenvalue weighted by Gasteiger charge is 2.11. The van der Waals surface area contributed by atoms with Crippen LogP contribution < -0.4 is 10.6 Å². The summed E-state index contributed by atoms with van der Waals surface area (Å²) in [6, 6.07) is 8.48. The number of benzene rings is 1.